The molecule has 0 heterocycles. The third-order valence-corrected chi connectivity index (χ3v) is 1.53. The largest absolute Gasteiger partial charge is 0.435 e. The van der Waals surface area contributed by atoms with Crippen LogP contribution in [-0.2, 0) is 9.53 Å². The normalized spacial score (nSPS) is 8.13. The summed E-state index contributed by atoms with van der Waals surface area (Å²) in [5, 5.41) is 0. The average molecular weight is 204 g/mol. The Labute approximate surface area is 90.9 Å². The van der Waals surface area contributed by atoms with Crippen molar-refractivity contribution in [3.05, 3.63) is 54.8 Å². The highest BCUT2D eigenvalue weighted by atomic mass is 16.5. The molecule has 0 amide bonds. The van der Waals surface area contributed by atoms with Gasteiger partial charge in [0.05, 0.1) is 6.26 Å². The summed E-state index contributed by atoms with van der Waals surface area (Å²) in [7, 11) is 0. The third kappa shape index (κ3) is 7.26. The van der Waals surface area contributed by atoms with Gasteiger partial charge in [0.15, 0.2) is 0 Å². The Bertz CT molecular complexity index is 340. The van der Waals surface area contributed by atoms with Gasteiger partial charge in [-0.05, 0) is 12.5 Å². The SMILES string of the molecule is C=COC(C)=O.C=Cc1cccc(C)c1. The summed E-state index contributed by atoms with van der Waals surface area (Å²) in [6.07, 6.45) is 2.95. The molecule has 0 N–H and O–H groups in total. The standard InChI is InChI=1S/C9H10.C4H6O2/c1-3-9-6-4-5-8(2)7-9;1-3-6-4(2)5/h3-7H,1H2,2H3;3H,1H2,2H3. The summed E-state index contributed by atoms with van der Waals surface area (Å²) in [4.78, 5) is 9.75. The smallest absolute Gasteiger partial charge is 0.307 e. The van der Waals surface area contributed by atoms with Crippen LogP contribution in [0, 0.1) is 6.92 Å². The van der Waals surface area contributed by atoms with Crippen molar-refractivity contribution in [3.8, 4) is 0 Å². The van der Waals surface area contributed by atoms with Crippen molar-refractivity contribution < 1.29 is 9.53 Å². The molecule has 0 radical (unpaired) electrons. The average Bonchev–Trinajstić information content (AvgIpc) is 2.18. The number of carbonyl (C=O) groups excluding carboxylic acids is 1. The van der Waals surface area contributed by atoms with Crippen LogP contribution in [0.25, 0.3) is 6.08 Å². The summed E-state index contributed by atoms with van der Waals surface area (Å²) in [5.74, 6) is -0.329. The van der Waals surface area contributed by atoms with Gasteiger partial charge in [0.1, 0.15) is 0 Å². The number of ether oxygens (including phenoxy) is 1. The summed E-state index contributed by atoms with van der Waals surface area (Å²) >= 11 is 0. The molecule has 0 spiro atoms. The van der Waals surface area contributed by atoms with Crippen molar-refractivity contribution in [2.45, 2.75) is 13.8 Å². The van der Waals surface area contributed by atoms with E-state index in [9.17, 15) is 4.79 Å². The molecule has 2 nitrogen and oxygen atoms in total. The highest BCUT2D eigenvalue weighted by molar-refractivity contribution is 5.66. The van der Waals surface area contributed by atoms with E-state index in [2.05, 4.69) is 37.0 Å². The highest BCUT2D eigenvalue weighted by Gasteiger charge is 1.83. The molecule has 0 aromatic heterocycles. The maximum absolute atomic E-state index is 9.75. The van der Waals surface area contributed by atoms with E-state index in [4.69, 9.17) is 0 Å². The minimum Gasteiger partial charge on any atom is -0.435 e. The molecule has 0 unspecified atom stereocenters. The molecule has 2 heteroatoms. The van der Waals surface area contributed by atoms with Crippen LogP contribution in [-0.4, -0.2) is 5.97 Å². The van der Waals surface area contributed by atoms with Gasteiger partial charge in [0.2, 0.25) is 0 Å². The van der Waals surface area contributed by atoms with Gasteiger partial charge in [-0.1, -0.05) is 49.1 Å². The molecule has 1 aromatic carbocycles. The lowest BCUT2D eigenvalue weighted by atomic mass is 10.1. The number of aryl methyl sites for hydroxylation is 1. The van der Waals surface area contributed by atoms with E-state index < -0.39 is 0 Å². The number of carbonyl (C=O) groups is 1. The van der Waals surface area contributed by atoms with E-state index in [0.717, 1.165) is 6.26 Å². The molecule has 0 bridgehead atoms. The lowest BCUT2D eigenvalue weighted by molar-refractivity contribution is -0.135. The second-order valence-electron chi connectivity index (χ2n) is 2.89. The van der Waals surface area contributed by atoms with E-state index in [1.54, 1.807) is 0 Å². The van der Waals surface area contributed by atoms with Crippen molar-refractivity contribution in [1.29, 1.82) is 0 Å². The van der Waals surface area contributed by atoms with Crippen molar-refractivity contribution in [3.63, 3.8) is 0 Å². The second kappa shape index (κ2) is 7.56. The predicted octanol–water partition coefficient (Wildman–Crippen LogP) is 3.33. The van der Waals surface area contributed by atoms with E-state index in [1.807, 2.05) is 18.2 Å². The minimum absolute atomic E-state index is 0.329. The Kier molecular flexibility index (Phi) is 6.64. The van der Waals surface area contributed by atoms with Crippen LogP contribution in [0.15, 0.2) is 43.7 Å². The Morgan fingerprint density at radius 2 is 2.07 bits per heavy atom. The van der Waals surface area contributed by atoms with Crippen molar-refractivity contribution >= 4 is 12.0 Å². The fourth-order valence-corrected chi connectivity index (χ4v) is 0.914. The van der Waals surface area contributed by atoms with Crippen molar-refractivity contribution in [2.75, 3.05) is 0 Å². The quantitative estimate of drug-likeness (QED) is 0.545. The second-order valence-corrected chi connectivity index (χ2v) is 2.89. The van der Waals surface area contributed by atoms with Crippen LogP contribution >= 0.6 is 0 Å². The van der Waals surface area contributed by atoms with Gasteiger partial charge in [-0.15, -0.1) is 0 Å². The molecule has 0 aliphatic carbocycles. The summed E-state index contributed by atoms with van der Waals surface area (Å²) < 4.78 is 4.17. The number of esters is 1. The molecule has 0 fully saturated rings. The molecule has 80 valence electrons. The first kappa shape index (κ1) is 13.2. The van der Waals surface area contributed by atoms with Gasteiger partial charge in [0.25, 0.3) is 0 Å². The van der Waals surface area contributed by atoms with Crippen LogP contribution in [0.4, 0.5) is 0 Å². The number of hydrogen-bond acceptors (Lipinski definition) is 2. The Morgan fingerprint density at radius 3 is 2.33 bits per heavy atom. The van der Waals surface area contributed by atoms with Crippen LogP contribution in [0.5, 0.6) is 0 Å². The molecule has 1 aromatic rings. The molecule has 0 saturated heterocycles. The third-order valence-electron chi connectivity index (χ3n) is 1.53. The monoisotopic (exact) mass is 204 g/mol. The van der Waals surface area contributed by atoms with Crippen molar-refractivity contribution in [2.24, 2.45) is 0 Å². The minimum atomic E-state index is -0.329. The van der Waals surface area contributed by atoms with E-state index in [-0.39, 0.29) is 5.97 Å². The lowest BCUT2D eigenvalue weighted by Crippen LogP contribution is -1.87. The van der Waals surface area contributed by atoms with Crippen LogP contribution in [0.1, 0.15) is 18.1 Å². The number of hydrogen-bond donors (Lipinski definition) is 0. The molecule has 0 saturated carbocycles. The van der Waals surface area contributed by atoms with E-state index in [0.29, 0.717) is 0 Å². The summed E-state index contributed by atoms with van der Waals surface area (Å²) in [6, 6.07) is 8.26. The maximum atomic E-state index is 9.75. The van der Waals surface area contributed by atoms with Gasteiger partial charge in [-0.25, -0.2) is 0 Å². The van der Waals surface area contributed by atoms with Gasteiger partial charge in [-0.3, -0.25) is 4.79 Å². The van der Waals surface area contributed by atoms with Gasteiger partial charge < -0.3 is 4.74 Å². The molecular formula is C13H16O2. The fourth-order valence-electron chi connectivity index (χ4n) is 0.914. The maximum Gasteiger partial charge on any atom is 0.307 e. The predicted molar refractivity (Wildman–Crippen MR) is 63.2 cm³/mol. The highest BCUT2D eigenvalue weighted by Crippen LogP contribution is 2.03. The number of benzene rings is 1. The van der Waals surface area contributed by atoms with Gasteiger partial charge in [0, 0.05) is 6.92 Å². The number of rotatable bonds is 2. The Balaban J connectivity index is 0.000000288. The van der Waals surface area contributed by atoms with Crippen molar-refractivity contribution in [1.82, 2.24) is 0 Å². The van der Waals surface area contributed by atoms with Crippen LogP contribution in [0.2, 0.25) is 0 Å². The molecule has 0 atom stereocenters. The van der Waals surface area contributed by atoms with E-state index >= 15 is 0 Å². The first-order chi connectivity index (χ1) is 7.10. The Morgan fingerprint density at radius 1 is 1.40 bits per heavy atom. The molecule has 0 aliphatic rings. The van der Waals surface area contributed by atoms with Gasteiger partial charge >= 0.3 is 5.97 Å². The zero-order valence-corrected chi connectivity index (χ0v) is 9.19. The first-order valence-corrected chi connectivity index (χ1v) is 4.57. The summed E-state index contributed by atoms with van der Waals surface area (Å²) in [6.45, 7) is 10.2. The molecular weight excluding hydrogens is 188 g/mol. The molecule has 15 heavy (non-hydrogen) atoms. The lowest BCUT2D eigenvalue weighted by Gasteiger charge is -1.92. The van der Waals surface area contributed by atoms with E-state index in [1.165, 1.54) is 18.1 Å². The Hall–Kier alpha value is -1.83. The van der Waals surface area contributed by atoms with Crippen LogP contribution in [0.3, 0.4) is 0 Å². The van der Waals surface area contributed by atoms with Crippen LogP contribution < -0.4 is 0 Å². The zero-order valence-electron chi connectivity index (χ0n) is 9.19. The van der Waals surface area contributed by atoms with Gasteiger partial charge in [-0.2, -0.15) is 0 Å². The summed E-state index contributed by atoms with van der Waals surface area (Å²) in [5.41, 5.74) is 2.47. The molecule has 0 aliphatic heterocycles. The first-order valence-electron chi connectivity index (χ1n) is 4.57. The topological polar surface area (TPSA) is 26.3 Å². The zero-order chi connectivity index (χ0) is 11.7. The fraction of sp³-hybridized carbons (Fsp3) is 0.154. The molecule has 1 rings (SSSR count).